The molecule has 3 rings (SSSR count). The van der Waals surface area contributed by atoms with E-state index in [4.69, 9.17) is 23.2 Å². The lowest BCUT2D eigenvalue weighted by Gasteiger charge is -2.16. The molecular formula is C18H14Cl2N2O2. The molecule has 0 atom stereocenters. The molecule has 0 saturated carbocycles. The molecule has 0 spiro atoms. The number of halogens is 2. The minimum absolute atomic E-state index is 0.0109. The van der Waals surface area contributed by atoms with Crippen LogP contribution in [0.1, 0.15) is 16.7 Å². The summed E-state index contributed by atoms with van der Waals surface area (Å²) in [4.78, 5) is 24.8. The van der Waals surface area contributed by atoms with Gasteiger partial charge in [-0.2, -0.15) is 0 Å². The maximum atomic E-state index is 12.6. The summed E-state index contributed by atoms with van der Waals surface area (Å²) in [6, 6.07) is 10.5. The standard InChI is InChI=1S/C18H14Cl2N2O2/c1-10-6-7-12(8-11(10)2)22-18(24)14(17(23)21-22)9-13-15(19)4-3-5-16(13)20/h3-9H,1-2H3,(H,21,23)/b14-9-. The third kappa shape index (κ3) is 2.90. The van der Waals surface area contributed by atoms with Crippen molar-refractivity contribution in [3.8, 4) is 0 Å². The SMILES string of the molecule is Cc1ccc(N2NC(=O)/C(=C/c3c(Cl)cccc3Cl)C2=O)cc1C. The normalized spacial score (nSPS) is 16.0. The van der Waals surface area contributed by atoms with E-state index in [1.165, 1.54) is 11.1 Å². The molecule has 0 bridgehead atoms. The fourth-order valence-corrected chi connectivity index (χ4v) is 2.90. The van der Waals surface area contributed by atoms with Crippen molar-refractivity contribution in [3.05, 3.63) is 68.7 Å². The smallest absolute Gasteiger partial charge is 0.267 e. The Morgan fingerprint density at radius 3 is 2.29 bits per heavy atom. The van der Waals surface area contributed by atoms with Crippen LogP contribution < -0.4 is 10.4 Å². The van der Waals surface area contributed by atoms with Gasteiger partial charge in [-0.1, -0.05) is 35.3 Å². The summed E-state index contributed by atoms with van der Waals surface area (Å²) >= 11 is 12.2. The maximum absolute atomic E-state index is 12.6. The number of carbonyl (C=O) groups is 2. The minimum atomic E-state index is -0.491. The maximum Gasteiger partial charge on any atom is 0.282 e. The molecule has 0 aliphatic carbocycles. The first kappa shape index (κ1) is 16.6. The highest BCUT2D eigenvalue weighted by molar-refractivity contribution is 6.38. The topological polar surface area (TPSA) is 49.4 Å². The van der Waals surface area contributed by atoms with E-state index in [1.54, 1.807) is 24.3 Å². The molecule has 6 heteroatoms. The first-order valence-corrected chi connectivity index (χ1v) is 8.02. The molecule has 1 aliphatic rings. The number of rotatable bonds is 2. The van der Waals surface area contributed by atoms with Crippen molar-refractivity contribution < 1.29 is 9.59 Å². The fourth-order valence-electron chi connectivity index (χ4n) is 2.40. The molecule has 1 heterocycles. The zero-order valence-corrected chi connectivity index (χ0v) is 14.6. The lowest BCUT2D eigenvalue weighted by Crippen LogP contribution is -2.35. The van der Waals surface area contributed by atoms with E-state index in [-0.39, 0.29) is 5.57 Å². The quantitative estimate of drug-likeness (QED) is 0.648. The van der Waals surface area contributed by atoms with Gasteiger partial charge in [0.05, 0.1) is 5.69 Å². The van der Waals surface area contributed by atoms with Crippen molar-refractivity contribution in [3.63, 3.8) is 0 Å². The predicted octanol–water partition coefficient (Wildman–Crippen LogP) is 4.07. The van der Waals surface area contributed by atoms with Crippen LogP contribution in [-0.2, 0) is 9.59 Å². The number of nitrogens with one attached hydrogen (secondary N) is 1. The number of aryl methyl sites for hydroxylation is 2. The number of carbonyl (C=O) groups excluding carboxylic acids is 2. The molecule has 0 aromatic heterocycles. The van der Waals surface area contributed by atoms with Crippen LogP contribution in [0.5, 0.6) is 0 Å². The van der Waals surface area contributed by atoms with Gasteiger partial charge in [0, 0.05) is 15.6 Å². The van der Waals surface area contributed by atoms with Gasteiger partial charge in [-0.15, -0.1) is 0 Å². The molecule has 2 aromatic carbocycles. The molecule has 122 valence electrons. The summed E-state index contributed by atoms with van der Waals surface area (Å²) < 4.78 is 0. The van der Waals surface area contributed by atoms with E-state index in [1.807, 2.05) is 26.0 Å². The van der Waals surface area contributed by atoms with Crippen molar-refractivity contribution >= 4 is 46.8 Å². The Morgan fingerprint density at radius 1 is 1.00 bits per heavy atom. The van der Waals surface area contributed by atoms with Crippen LogP contribution in [0.2, 0.25) is 10.0 Å². The first-order chi connectivity index (χ1) is 11.4. The number of benzene rings is 2. The van der Waals surface area contributed by atoms with E-state index < -0.39 is 11.8 Å². The summed E-state index contributed by atoms with van der Waals surface area (Å²) in [5.41, 5.74) is 5.74. The van der Waals surface area contributed by atoms with Gasteiger partial charge >= 0.3 is 0 Å². The van der Waals surface area contributed by atoms with Gasteiger partial charge in [0.25, 0.3) is 11.8 Å². The second-order valence-corrected chi connectivity index (χ2v) is 6.36. The Kier molecular flexibility index (Phi) is 4.35. The highest BCUT2D eigenvalue weighted by Gasteiger charge is 2.34. The summed E-state index contributed by atoms with van der Waals surface area (Å²) in [6.07, 6.45) is 1.42. The van der Waals surface area contributed by atoms with E-state index in [0.29, 0.717) is 21.3 Å². The van der Waals surface area contributed by atoms with Gasteiger partial charge in [-0.25, -0.2) is 5.01 Å². The Morgan fingerprint density at radius 2 is 1.67 bits per heavy atom. The van der Waals surface area contributed by atoms with E-state index in [2.05, 4.69) is 5.43 Å². The van der Waals surface area contributed by atoms with Gasteiger partial charge in [0.2, 0.25) is 0 Å². The second-order valence-electron chi connectivity index (χ2n) is 5.54. The zero-order valence-electron chi connectivity index (χ0n) is 13.1. The van der Waals surface area contributed by atoms with Crippen LogP contribution in [0.4, 0.5) is 5.69 Å². The number of hydrogen-bond donors (Lipinski definition) is 1. The van der Waals surface area contributed by atoms with E-state index in [0.717, 1.165) is 11.1 Å². The zero-order chi connectivity index (χ0) is 17.4. The van der Waals surface area contributed by atoms with Gasteiger partial charge < -0.3 is 0 Å². The van der Waals surface area contributed by atoms with Gasteiger partial charge in [-0.05, 0) is 55.3 Å². The molecule has 1 saturated heterocycles. The Labute approximate surface area is 149 Å². The third-order valence-corrected chi connectivity index (χ3v) is 4.59. The van der Waals surface area contributed by atoms with Crippen molar-refractivity contribution in [1.82, 2.24) is 5.43 Å². The molecule has 1 fully saturated rings. The Bertz CT molecular complexity index is 870. The highest BCUT2D eigenvalue weighted by atomic mass is 35.5. The number of amides is 2. The van der Waals surface area contributed by atoms with Crippen molar-refractivity contribution in [2.24, 2.45) is 0 Å². The summed E-state index contributed by atoms with van der Waals surface area (Å²) in [6.45, 7) is 3.93. The number of nitrogens with zero attached hydrogens (tertiary/aromatic N) is 1. The van der Waals surface area contributed by atoms with Gasteiger partial charge in [0.15, 0.2) is 0 Å². The average molecular weight is 361 g/mol. The van der Waals surface area contributed by atoms with Gasteiger partial charge in [-0.3, -0.25) is 15.0 Å². The summed E-state index contributed by atoms with van der Waals surface area (Å²) in [7, 11) is 0. The minimum Gasteiger partial charge on any atom is -0.267 e. The summed E-state index contributed by atoms with van der Waals surface area (Å²) in [5.74, 6) is -0.937. The average Bonchev–Trinajstić information content (AvgIpc) is 2.81. The van der Waals surface area contributed by atoms with Crippen LogP contribution in [0.25, 0.3) is 6.08 Å². The predicted molar refractivity (Wildman–Crippen MR) is 96.0 cm³/mol. The van der Waals surface area contributed by atoms with Crippen molar-refractivity contribution in [2.45, 2.75) is 13.8 Å². The van der Waals surface area contributed by atoms with Crippen molar-refractivity contribution in [2.75, 3.05) is 5.01 Å². The monoisotopic (exact) mass is 360 g/mol. The third-order valence-electron chi connectivity index (χ3n) is 3.93. The van der Waals surface area contributed by atoms with E-state index >= 15 is 0 Å². The number of hydrogen-bond acceptors (Lipinski definition) is 2. The fraction of sp³-hybridized carbons (Fsp3) is 0.111. The molecule has 0 unspecified atom stereocenters. The Hall–Kier alpha value is -2.30. The van der Waals surface area contributed by atoms with Crippen LogP contribution in [0.15, 0.2) is 42.0 Å². The molecule has 2 aromatic rings. The Balaban J connectivity index is 2.00. The number of hydrazine groups is 1. The summed E-state index contributed by atoms with van der Waals surface area (Å²) in [5, 5.41) is 1.98. The molecule has 0 radical (unpaired) electrons. The largest absolute Gasteiger partial charge is 0.282 e. The van der Waals surface area contributed by atoms with Crippen LogP contribution in [0, 0.1) is 13.8 Å². The molecule has 1 N–H and O–H groups in total. The number of anilines is 1. The van der Waals surface area contributed by atoms with Gasteiger partial charge in [0.1, 0.15) is 5.57 Å². The highest BCUT2D eigenvalue weighted by Crippen LogP contribution is 2.29. The van der Waals surface area contributed by atoms with Crippen LogP contribution in [-0.4, -0.2) is 11.8 Å². The van der Waals surface area contributed by atoms with E-state index in [9.17, 15) is 9.59 Å². The second kappa shape index (κ2) is 6.30. The first-order valence-electron chi connectivity index (χ1n) is 7.27. The lowest BCUT2D eigenvalue weighted by molar-refractivity contribution is -0.117. The van der Waals surface area contributed by atoms with Crippen LogP contribution in [0.3, 0.4) is 0 Å². The van der Waals surface area contributed by atoms with Crippen LogP contribution >= 0.6 is 23.2 Å². The molecule has 24 heavy (non-hydrogen) atoms. The lowest BCUT2D eigenvalue weighted by atomic mass is 10.1. The molecule has 2 amide bonds. The van der Waals surface area contributed by atoms with Crippen molar-refractivity contribution in [1.29, 1.82) is 0 Å². The molecule has 1 aliphatic heterocycles. The molecular weight excluding hydrogens is 347 g/mol. The molecule has 4 nitrogen and oxygen atoms in total.